The van der Waals surface area contributed by atoms with Crippen molar-refractivity contribution in [2.75, 3.05) is 13.1 Å². The van der Waals surface area contributed by atoms with Crippen LogP contribution < -0.4 is 5.32 Å². The highest BCUT2D eigenvalue weighted by atomic mass is 35.5. The zero-order valence-corrected chi connectivity index (χ0v) is 12.3. The number of imide groups is 1. The van der Waals surface area contributed by atoms with Crippen molar-refractivity contribution in [3.05, 3.63) is 0 Å². The molecule has 4 nitrogen and oxygen atoms in total. The Bertz CT molecular complexity index is 341. The Morgan fingerprint density at radius 3 is 2.21 bits per heavy atom. The predicted molar refractivity (Wildman–Crippen MR) is 75.2 cm³/mol. The number of nitrogens with zero attached hydrogens (tertiary/aromatic N) is 1. The van der Waals surface area contributed by atoms with Crippen molar-refractivity contribution in [1.29, 1.82) is 0 Å². The number of alkyl halides is 1. The Hall–Kier alpha value is -0.770. The molecule has 1 saturated carbocycles. The van der Waals surface area contributed by atoms with Crippen LogP contribution in [0, 0.1) is 5.41 Å². The molecule has 19 heavy (non-hydrogen) atoms. The molecule has 1 heterocycles. The zero-order chi connectivity index (χ0) is 13.9. The monoisotopic (exact) mass is 286 g/mol. The molecule has 1 aliphatic heterocycles. The summed E-state index contributed by atoms with van der Waals surface area (Å²) in [5.41, 5.74) is 0.471. The zero-order valence-electron chi connectivity index (χ0n) is 11.6. The summed E-state index contributed by atoms with van der Waals surface area (Å²) in [7, 11) is 0. The maximum absolute atomic E-state index is 11.9. The first kappa shape index (κ1) is 14.6. The van der Waals surface area contributed by atoms with Crippen LogP contribution in [0.25, 0.3) is 0 Å². The summed E-state index contributed by atoms with van der Waals surface area (Å²) < 4.78 is 0. The van der Waals surface area contributed by atoms with E-state index in [1.807, 2.05) is 0 Å². The number of likely N-dealkylation sites (tertiary alicyclic amines) is 1. The first-order valence-electron chi connectivity index (χ1n) is 7.26. The second-order valence-corrected chi connectivity index (χ2v) is 6.61. The van der Waals surface area contributed by atoms with Crippen LogP contribution in [-0.2, 0) is 4.79 Å². The SMILES string of the molecule is CC(Cl)C(=O)NC(=O)N1CCC2(CCCCC2)CC1. The van der Waals surface area contributed by atoms with Crippen molar-refractivity contribution >= 4 is 23.5 Å². The lowest BCUT2D eigenvalue weighted by molar-refractivity contribution is -0.119. The van der Waals surface area contributed by atoms with Gasteiger partial charge in [0.15, 0.2) is 0 Å². The smallest absolute Gasteiger partial charge is 0.324 e. The van der Waals surface area contributed by atoms with Gasteiger partial charge in [-0.3, -0.25) is 10.1 Å². The van der Waals surface area contributed by atoms with E-state index in [0.717, 1.165) is 25.9 Å². The van der Waals surface area contributed by atoms with Crippen molar-refractivity contribution in [1.82, 2.24) is 10.2 Å². The van der Waals surface area contributed by atoms with E-state index in [-0.39, 0.29) is 6.03 Å². The Morgan fingerprint density at radius 1 is 1.11 bits per heavy atom. The molecule has 3 amide bonds. The van der Waals surface area contributed by atoms with Gasteiger partial charge in [0, 0.05) is 13.1 Å². The molecular formula is C14H23ClN2O2. The van der Waals surface area contributed by atoms with Gasteiger partial charge in [0.25, 0.3) is 0 Å². The highest BCUT2D eigenvalue weighted by Crippen LogP contribution is 2.44. The van der Waals surface area contributed by atoms with Gasteiger partial charge >= 0.3 is 6.03 Å². The number of halogens is 1. The minimum atomic E-state index is -0.668. The Morgan fingerprint density at radius 2 is 1.68 bits per heavy atom. The third kappa shape index (κ3) is 3.62. The fraction of sp³-hybridized carbons (Fsp3) is 0.857. The molecule has 2 fully saturated rings. The van der Waals surface area contributed by atoms with E-state index in [1.54, 1.807) is 11.8 Å². The molecular weight excluding hydrogens is 264 g/mol. The molecule has 1 spiro atoms. The van der Waals surface area contributed by atoms with Gasteiger partial charge in [-0.25, -0.2) is 4.79 Å². The maximum Gasteiger partial charge on any atom is 0.324 e. The molecule has 0 aromatic rings. The Balaban J connectivity index is 1.82. The average Bonchev–Trinajstić information content (AvgIpc) is 2.40. The van der Waals surface area contributed by atoms with Crippen LogP contribution in [0.2, 0.25) is 0 Å². The van der Waals surface area contributed by atoms with Crippen molar-refractivity contribution in [3.8, 4) is 0 Å². The number of carbonyl (C=O) groups is 2. The first-order valence-corrected chi connectivity index (χ1v) is 7.70. The van der Waals surface area contributed by atoms with Crippen LogP contribution in [0.15, 0.2) is 0 Å². The van der Waals surface area contributed by atoms with E-state index in [0.29, 0.717) is 5.41 Å². The fourth-order valence-corrected chi connectivity index (χ4v) is 3.32. The average molecular weight is 287 g/mol. The van der Waals surface area contributed by atoms with Gasteiger partial charge in [0.2, 0.25) is 5.91 Å². The summed E-state index contributed by atoms with van der Waals surface area (Å²) >= 11 is 5.65. The number of carbonyl (C=O) groups excluding carboxylic acids is 2. The predicted octanol–water partition coefficient (Wildman–Crippen LogP) is 2.90. The lowest BCUT2D eigenvalue weighted by Crippen LogP contribution is -2.50. The number of piperidine rings is 1. The van der Waals surface area contributed by atoms with Crippen molar-refractivity contribution in [3.63, 3.8) is 0 Å². The van der Waals surface area contributed by atoms with Gasteiger partial charge in [0.1, 0.15) is 5.38 Å². The summed E-state index contributed by atoms with van der Waals surface area (Å²) in [6.07, 6.45) is 8.77. The number of hydrogen-bond donors (Lipinski definition) is 1. The molecule has 5 heteroatoms. The fourth-order valence-electron chi connectivity index (χ4n) is 3.27. The van der Waals surface area contributed by atoms with Crippen LogP contribution >= 0.6 is 11.6 Å². The molecule has 1 N–H and O–H groups in total. The van der Waals surface area contributed by atoms with E-state index in [4.69, 9.17) is 11.6 Å². The minimum absolute atomic E-state index is 0.289. The third-order valence-corrected chi connectivity index (χ3v) is 4.82. The number of nitrogens with one attached hydrogen (secondary N) is 1. The van der Waals surface area contributed by atoms with Crippen LogP contribution in [0.1, 0.15) is 51.9 Å². The summed E-state index contributed by atoms with van der Waals surface area (Å²) in [6.45, 7) is 3.09. The van der Waals surface area contributed by atoms with E-state index in [1.165, 1.54) is 32.1 Å². The van der Waals surface area contributed by atoms with Gasteiger partial charge in [-0.05, 0) is 38.0 Å². The molecule has 2 aliphatic rings. The van der Waals surface area contributed by atoms with Gasteiger partial charge in [-0.15, -0.1) is 11.6 Å². The molecule has 0 radical (unpaired) electrons. The quantitative estimate of drug-likeness (QED) is 0.754. The number of rotatable bonds is 1. The standard InChI is InChI=1S/C14H23ClN2O2/c1-11(15)12(18)16-13(19)17-9-7-14(8-10-17)5-3-2-4-6-14/h11H,2-10H2,1H3,(H,16,18,19). The molecule has 1 atom stereocenters. The topological polar surface area (TPSA) is 49.4 Å². The molecule has 0 aromatic carbocycles. The minimum Gasteiger partial charge on any atom is -0.324 e. The summed E-state index contributed by atoms with van der Waals surface area (Å²) in [5.74, 6) is -0.412. The Kier molecular flexibility index (Phi) is 4.71. The highest BCUT2D eigenvalue weighted by Gasteiger charge is 2.36. The second kappa shape index (κ2) is 6.12. The molecule has 108 valence electrons. The summed E-state index contributed by atoms with van der Waals surface area (Å²) in [5, 5.41) is 1.69. The van der Waals surface area contributed by atoms with E-state index in [2.05, 4.69) is 5.32 Å². The molecule has 0 aromatic heterocycles. The highest BCUT2D eigenvalue weighted by molar-refractivity contribution is 6.31. The van der Waals surface area contributed by atoms with Crippen LogP contribution in [0.3, 0.4) is 0 Å². The van der Waals surface area contributed by atoms with Gasteiger partial charge in [-0.2, -0.15) is 0 Å². The van der Waals surface area contributed by atoms with Gasteiger partial charge in [0.05, 0.1) is 0 Å². The van der Waals surface area contributed by atoms with E-state index >= 15 is 0 Å². The molecule has 1 unspecified atom stereocenters. The van der Waals surface area contributed by atoms with Crippen molar-refractivity contribution in [2.24, 2.45) is 5.41 Å². The molecule has 1 saturated heterocycles. The molecule has 2 rings (SSSR count). The number of hydrogen-bond acceptors (Lipinski definition) is 2. The van der Waals surface area contributed by atoms with Crippen molar-refractivity contribution < 1.29 is 9.59 Å². The van der Waals surface area contributed by atoms with Crippen LogP contribution in [-0.4, -0.2) is 35.3 Å². The van der Waals surface area contributed by atoms with Crippen LogP contribution in [0.5, 0.6) is 0 Å². The number of urea groups is 1. The van der Waals surface area contributed by atoms with Gasteiger partial charge in [-0.1, -0.05) is 19.3 Å². The van der Waals surface area contributed by atoms with E-state index < -0.39 is 11.3 Å². The second-order valence-electron chi connectivity index (χ2n) is 5.96. The number of amides is 3. The first-order chi connectivity index (χ1) is 9.02. The molecule has 1 aliphatic carbocycles. The van der Waals surface area contributed by atoms with Crippen LogP contribution in [0.4, 0.5) is 4.79 Å². The largest absolute Gasteiger partial charge is 0.324 e. The lowest BCUT2D eigenvalue weighted by Gasteiger charge is -2.44. The van der Waals surface area contributed by atoms with Crippen molar-refractivity contribution in [2.45, 2.75) is 57.2 Å². The summed E-state index contributed by atoms with van der Waals surface area (Å²) in [6, 6.07) is -0.289. The Labute approximate surface area is 119 Å². The van der Waals surface area contributed by atoms with Gasteiger partial charge < -0.3 is 4.90 Å². The lowest BCUT2D eigenvalue weighted by atomic mass is 9.68. The third-order valence-electron chi connectivity index (χ3n) is 4.62. The normalized spacial score (nSPS) is 24.0. The summed E-state index contributed by atoms with van der Waals surface area (Å²) in [4.78, 5) is 25.1. The maximum atomic E-state index is 11.9. The van der Waals surface area contributed by atoms with E-state index in [9.17, 15) is 9.59 Å². The molecule has 0 bridgehead atoms.